The fourth-order valence-corrected chi connectivity index (χ4v) is 9.61. The molecule has 0 spiro atoms. The first kappa shape index (κ1) is 44.2. The number of nitrogens with one attached hydrogen (secondary N) is 1. The number of aliphatic imine (C=N–C) groups is 1. The first-order valence-corrected chi connectivity index (χ1v) is 22.5. The van der Waals surface area contributed by atoms with E-state index in [0.29, 0.717) is 53.2 Å². The summed E-state index contributed by atoms with van der Waals surface area (Å²) in [6, 6.07) is 28.6. The van der Waals surface area contributed by atoms with Crippen molar-refractivity contribution in [1.82, 2.24) is 4.90 Å². The number of nitrogens with zero attached hydrogens (tertiary/aromatic N) is 3. The molecule has 0 aromatic heterocycles. The zero-order valence-electron chi connectivity index (χ0n) is 36.6. The Hall–Kier alpha value is -6.40. The van der Waals surface area contributed by atoms with E-state index in [0.717, 1.165) is 58.0 Å². The van der Waals surface area contributed by atoms with Crippen molar-refractivity contribution in [3.63, 3.8) is 0 Å². The second kappa shape index (κ2) is 19.1. The predicted molar refractivity (Wildman–Crippen MR) is 250 cm³/mol. The Morgan fingerprint density at radius 3 is 2.33 bits per heavy atom. The summed E-state index contributed by atoms with van der Waals surface area (Å²) >= 11 is 6.60. The SMILES string of the molecule is COc1cc2c(cc1OCc1cccc(CC(=O)N3C[C@@H](CCl)c4c3cc(OCc3ccc(NC(=O)[C@@H](C)C(C(N)=O)C(C)C)cc3)c3ccccc43)c1)N=C[C@@H]1CCCCN1C2=O. The van der Waals surface area contributed by atoms with Crippen molar-refractivity contribution in [2.24, 2.45) is 28.5 Å². The smallest absolute Gasteiger partial charge is 0.256 e. The van der Waals surface area contributed by atoms with Gasteiger partial charge in [-0.25, -0.2) is 0 Å². The predicted octanol–water partition coefficient (Wildman–Crippen LogP) is 8.96. The summed E-state index contributed by atoms with van der Waals surface area (Å²) < 4.78 is 18.5. The van der Waals surface area contributed by atoms with Gasteiger partial charge in [0.2, 0.25) is 17.7 Å². The van der Waals surface area contributed by atoms with E-state index in [1.807, 2.05) is 96.6 Å². The molecule has 5 aromatic carbocycles. The van der Waals surface area contributed by atoms with Crippen molar-refractivity contribution in [2.45, 2.75) is 71.6 Å². The molecule has 5 aromatic rings. The number of primary amides is 1. The molecular weight excluding hydrogens is 830 g/mol. The molecule has 4 amide bonds. The van der Waals surface area contributed by atoms with E-state index in [1.165, 1.54) is 0 Å². The maximum atomic E-state index is 14.3. The van der Waals surface area contributed by atoms with Gasteiger partial charge in [0.05, 0.1) is 42.4 Å². The second-order valence-corrected chi connectivity index (χ2v) is 17.6. The van der Waals surface area contributed by atoms with Crippen LogP contribution >= 0.6 is 11.6 Å². The van der Waals surface area contributed by atoms with Gasteiger partial charge >= 0.3 is 0 Å². The minimum atomic E-state index is -0.585. The van der Waals surface area contributed by atoms with E-state index >= 15 is 0 Å². The molecule has 1 saturated heterocycles. The van der Waals surface area contributed by atoms with Gasteiger partial charge in [0.15, 0.2) is 11.5 Å². The number of carbonyl (C=O) groups is 4. The molecule has 3 aliphatic heterocycles. The fourth-order valence-electron chi connectivity index (χ4n) is 9.36. The third-order valence-electron chi connectivity index (χ3n) is 12.7. The Balaban J connectivity index is 0.960. The maximum Gasteiger partial charge on any atom is 0.256 e. The van der Waals surface area contributed by atoms with Crippen molar-refractivity contribution in [3.8, 4) is 17.2 Å². The Labute approximate surface area is 378 Å². The number of hydrogen-bond donors (Lipinski definition) is 2. The molecule has 3 N–H and O–H groups in total. The number of carbonyl (C=O) groups excluding carboxylic acids is 4. The van der Waals surface area contributed by atoms with Crippen LogP contribution in [0.25, 0.3) is 10.8 Å². The van der Waals surface area contributed by atoms with Crippen molar-refractivity contribution >= 4 is 69.3 Å². The molecule has 3 aliphatic rings. The second-order valence-electron chi connectivity index (χ2n) is 17.3. The number of piperidine rings is 1. The number of hydrogen-bond acceptors (Lipinski definition) is 8. The van der Waals surface area contributed by atoms with Gasteiger partial charge in [0.1, 0.15) is 19.0 Å². The van der Waals surface area contributed by atoms with Gasteiger partial charge in [-0.1, -0.05) is 81.4 Å². The van der Waals surface area contributed by atoms with Crippen LogP contribution in [0.5, 0.6) is 17.2 Å². The molecule has 0 aliphatic carbocycles. The van der Waals surface area contributed by atoms with Crippen molar-refractivity contribution in [3.05, 3.63) is 119 Å². The molecule has 8 rings (SSSR count). The first-order chi connectivity index (χ1) is 30.9. The number of amides is 4. The summed E-state index contributed by atoms with van der Waals surface area (Å²) in [6.07, 6.45) is 4.97. The number of halogens is 1. The van der Waals surface area contributed by atoms with Crippen LogP contribution in [0.1, 0.15) is 78.6 Å². The normalized spacial score (nSPS) is 17.6. The lowest BCUT2D eigenvalue weighted by Crippen LogP contribution is -2.43. The lowest BCUT2D eigenvalue weighted by molar-refractivity contribution is -0.131. The standard InChI is InChI=1S/C51H54ClN5O7/c1-30(2)47(49(53)59)31(3)50(60)55-36-17-15-32(16-18-36)28-63-43-24-42-48(39-14-6-5-13-38(39)43)35(25-52)27-57(42)46(58)21-33-10-9-11-34(20-33)29-64-45-23-41-40(22-44(45)62-4)51(61)56-19-8-7-12-37(56)26-54-41/h5-6,9-11,13-18,20,22-24,26,30-31,35,37,47H,7-8,12,19,21,25,27-29H2,1-4H3,(H2,53,59)(H,55,60)/t31-,35+,37-,47?/m0/s1. The summed E-state index contributed by atoms with van der Waals surface area (Å²) in [4.78, 5) is 61.2. The highest BCUT2D eigenvalue weighted by Crippen LogP contribution is 2.46. The van der Waals surface area contributed by atoms with Gasteiger partial charge < -0.3 is 35.1 Å². The monoisotopic (exact) mass is 883 g/mol. The Bertz CT molecular complexity index is 2610. The van der Waals surface area contributed by atoms with E-state index in [-0.39, 0.29) is 55.2 Å². The van der Waals surface area contributed by atoms with Crippen molar-refractivity contribution in [1.29, 1.82) is 0 Å². The Morgan fingerprint density at radius 2 is 1.59 bits per heavy atom. The highest BCUT2D eigenvalue weighted by atomic mass is 35.5. The number of benzene rings is 5. The molecule has 0 radical (unpaired) electrons. The third-order valence-corrected chi connectivity index (χ3v) is 13.1. The van der Waals surface area contributed by atoms with E-state index in [2.05, 4.69) is 5.32 Å². The topological polar surface area (TPSA) is 153 Å². The first-order valence-electron chi connectivity index (χ1n) is 22.0. The highest BCUT2D eigenvalue weighted by Gasteiger charge is 2.36. The molecular formula is C51H54ClN5O7. The minimum absolute atomic E-state index is 0.0105. The fraction of sp³-hybridized carbons (Fsp3) is 0.353. The molecule has 0 saturated carbocycles. The molecule has 1 unspecified atom stereocenters. The van der Waals surface area contributed by atoms with Gasteiger partial charge in [0, 0.05) is 60.2 Å². The minimum Gasteiger partial charge on any atom is -0.493 e. The summed E-state index contributed by atoms with van der Waals surface area (Å²) in [6.45, 7) is 7.08. The summed E-state index contributed by atoms with van der Waals surface area (Å²) in [7, 11) is 1.56. The number of nitrogens with two attached hydrogens (primary N) is 1. The number of anilines is 2. The van der Waals surface area contributed by atoms with Crippen LogP contribution in [0, 0.1) is 17.8 Å². The summed E-state index contributed by atoms with van der Waals surface area (Å²) in [5.74, 6) is -0.258. The van der Waals surface area contributed by atoms with Crippen LogP contribution < -0.4 is 30.2 Å². The molecule has 1 fully saturated rings. The van der Waals surface area contributed by atoms with E-state index < -0.39 is 17.7 Å². The third kappa shape index (κ3) is 9.15. The number of alkyl halides is 1. The Kier molecular flexibility index (Phi) is 13.2. The zero-order valence-corrected chi connectivity index (χ0v) is 37.4. The highest BCUT2D eigenvalue weighted by molar-refractivity contribution is 6.19. The molecule has 13 heteroatoms. The van der Waals surface area contributed by atoms with E-state index in [4.69, 9.17) is 36.5 Å². The van der Waals surface area contributed by atoms with Crippen molar-refractivity contribution < 1.29 is 33.4 Å². The molecule has 332 valence electrons. The lowest BCUT2D eigenvalue weighted by Gasteiger charge is -2.32. The van der Waals surface area contributed by atoms with Crippen molar-refractivity contribution in [2.75, 3.05) is 36.3 Å². The maximum absolute atomic E-state index is 14.3. The molecule has 4 atom stereocenters. The molecule has 3 heterocycles. The number of fused-ring (bicyclic) bond motifs is 5. The lowest BCUT2D eigenvalue weighted by atomic mass is 9.83. The Morgan fingerprint density at radius 1 is 0.859 bits per heavy atom. The summed E-state index contributed by atoms with van der Waals surface area (Å²) in [5.41, 5.74) is 11.6. The van der Waals surface area contributed by atoms with Crippen LogP contribution in [-0.4, -0.2) is 66.9 Å². The zero-order chi connectivity index (χ0) is 45.1. The van der Waals surface area contributed by atoms with Gasteiger partial charge in [-0.15, -0.1) is 11.6 Å². The molecule has 12 nitrogen and oxygen atoms in total. The van der Waals surface area contributed by atoms with Crippen LogP contribution in [0.15, 0.2) is 96.0 Å². The molecule has 0 bridgehead atoms. The van der Waals surface area contributed by atoms with Gasteiger partial charge in [-0.3, -0.25) is 24.2 Å². The molecule has 64 heavy (non-hydrogen) atoms. The average molecular weight is 884 g/mol. The van der Waals surface area contributed by atoms with Crippen LogP contribution in [0.4, 0.5) is 17.1 Å². The van der Waals surface area contributed by atoms with Crippen LogP contribution in [0.2, 0.25) is 0 Å². The number of ether oxygens (including phenoxy) is 3. The number of rotatable bonds is 15. The summed E-state index contributed by atoms with van der Waals surface area (Å²) in [5, 5.41) is 4.81. The average Bonchev–Trinajstić information content (AvgIpc) is 3.62. The van der Waals surface area contributed by atoms with Crippen LogP contribution in [-0.2, 0) is 34.0 Å². The van der Waals surface area contributed by atoms with Gasteiger partial charge in [0.25, 0.3) is 5.91 Å². The van der Waals surface area contributed by atoms with E-state index in [9.17, 15) is 19.2 Å². The quantitative estimate of drug-likeness (QED) is 0.0996. The largest absolute Gasteiger partial charge is 0.493 e. The van der Waals surface area contributed by atoms with Crippen LogP contribution in [0.3, 0.4) is 0 Å². The van der Waals surface area contributed by atoms with Gasteiger partial charge in [-0.2, -0.15) is 0 Å². The number of methoxy groups -OCH3 is 1. The van der Waals surface area contributed by atoms with E-state index in [1.54, 1.807) is 38.3 Å². The van der Waals surface area contributed by atoms with Gasteiger partial charge in [-0.05, 0) is 71.0 Å².